The summed E-state index contributed by atoms with van der Waals surface area (Å²) >= 11 is 0. The van der Waals surface area contributed by atoms with E-state index >= 15 is 0 Å². The maximum absolute atomic E-state index is 6.23. The second kappa shape index (κ2) is 8.89. The number of rotatable bonds is 10. The van der Waals surface area contributed by atoms with Gasteiger partial charge in [0.2, 0.25) is 0 Å². The SMILES string of the molecule is CCCCN(CCC(N)C(C)(C)OC)C(C)CC. The Labute approximate surface area is 114 Å². The summed E-state index contributed by atoms with van der Waals surface area (Å²) in [6.45, 7) is 13.2. The Kier molecular flexibility index (Phi) is 8.83. The zero-order chi connectivity index (χ0) is 14.2. The molecule has 2 N–H and O–H groups in total. The highest BCUT2D eigenvalue weighted by atomic mass is 16.5. The highest BCUT2D eigenvalue weighted by Gasteiger charge is 2.26. The zero-order valence-corrected chi connectivity index (χ0v) is 13.3. The predicted molar refractivity (Wildman–Crippen MR) is 79.9 cm³/mol. The quantitative estimate of drug-likeness (QED) is 0.654. The fourth-order valence-electron chi connectivity index (χ4n) is 1.98. The van der Waals surface area contributed by atoms with Crippen LogP contribution in [0.15, 0.2) is 0 Å². The summed E-state index contributed by atoms with van der Waals surface area (Å²) in [5.41, 5.74) is 6.00. The molecule has 0 fully saturated rings. The van der Waals surface area contributed by atoms with Crippen molar-refractivity contribution < 1.29 is 4.74 Å². The zero-order valence-electron chi connectivity index (χ0n) is 13.3. The van der Waals surface area contributed by atoms with Gasteiger partial charge in [0.05, 0.1) is 5.60 Å². The van der Waals surface area contributed by atoms with Gasteiger partial charge in [-0.25, -0.2) is 0 Å². The van der Waals surface area contributed by atoms with E-state index in [9.17, 15) is 0 Å². The molecule has 0 rings (SSSR count). The molecular formula is C15H34N2O. The summed E-state index contributed by atoms with van der Waals surface area (Å²) in [7, 11) is 1.74. The van der Waals surface area contributed by atoms with Crippen molar-refractivity contribution in [2.75, 3.05) is 20.2 Å². The molecule has 0 saturated carbocycles. The van der Waals surface area contributed by atoms with E-state index in [0.29, 0.717) is 6.04 Å². The molecule has 0 spiro atoms. The minimum Gasteiger partial charge on any atom is -0.377 e. The van der Waals surface area contributed by atoms with Gasteiger partial charge in [-0.15, -0.1) is 0 Å². The first kappa shape index (κ1) is 17.9. The van der Waals surface area contributed by atoms with Crippen molar-refractivity contribution in [2.45, 2.75) is 78.0 Å². The normalized spacial score (nSPS) is 16.0. The van der Waals surface area contributed by atoms with E-state index < -0.39 is 0 Å². The van der Waals surface area contributed by atoms with Crippen LogP contribution < -0.4 is 5.73 Å². The lowest BCUT2D eigenvalue weighted by molar-refractivity contribution is -0.00467. The average Bonchev–Trinajstić information content (AvgIpc) is 2.37. The summed E-state index contributed by atoms with van der Waals surface area (Å²) in [6, 6.07) is 0.741. The number of nitrogens with zero attached hydrogens (tertiary/aromatic N) is 1. The molecule has 0 bridgehead atoms. The van der Waals surface area contributed by atoms with Gasteiger partial charge in [0.1, 0.15) is 0 Å². The Bertz CT molecular complexity index is 207. The van der Waals surface area contributed by atoms with Crippen LogP contribution in [0.3, 0.4) is 0 Å². The number of unbranched alkanes of at least 4 members (excludes halogenated alkanes) is 1. The molecule has 3 heteroatoms. The van der Waals surface area contributed by atoms with Gasteiger partial charge < -0.3 is 15.4 Å². The van der Waals surface area contributed by atoms with Crippen LogP contribution in [0.1, 0.15) is 60.3 Å². The van der Waals surface area contributed by atoms with Crippen molar-refractivity contribution in [3.63, 3.8) is 0 Å². The van der Waals surface area contributed by atoms with E-state index in [-0.39, 0.29) is 11.6 Å². The number of ether oxygens (including phenoxy) is 1. The number of hydrogen-bond donors (Lipinski definition) is 1. The Morgan fingerprint density at radius 3 is 2.28 bits per heavy atom. The van der Waals surface area contributed by atoms with Gasteiger partial charge >= 0.3 is 0 Å². The lowest BCUT2D eigenvalue weighted by Gasteiger charge is -2.34. The highest BCUT2D eigenvalue weighted by Crippen LogP contribution is 2.16. The number of methoxy groups -OCH3 is 1. The Morgan fingerprint density at radius 1 is 1.22 bits per heavy atom. The Morgan fingerprint density at radius 2 is 1.83 bits per heavy atom. The van der Waals surface area contributed by atoms with E-state index in [1.165, 1.54) is 25.8 Å². The van der Waals surface area contributed by atoms with Crippen molar-refractivity contribution in [3.05, 3.63) is 0 Å². The van der Waals surface area contributed by atoms with Gasteiger partial charge in [0.15, 0.2) is 0 Å². The standard InChI is InChI=1S/C15H34N2O/c1-7-9-11-17(13(3)8-2)12-10-14(16)15(4,5)18-6/h13-14H,7-12,16H2,1-6H3. The monoisotopic (exact) mass is 258 g/mol. The summed E-state index contributed by atoms with van der Waals surface area (Å²) < 4.78 is 5.46. The molecule has 0 aromatic carbocycles. The van der Waals surface area contributed by atoms with E-state index in [1.807, 2.05) is 0 Å². The smallest absolute Gasteiger partial charge is 0.0773 e. The van der Waals surface area contributed by atoms with Crippen molar-refractivity contribution in [2.24, 2.45) is 5.73 Å². The van der Waals surface area contributed by atoms with Crippen LogP contribution in [0.25, 0.3) is 0 Å². The lowest BCUT2D eigenvalue weighted by atomic mass is 9.96. The average molecular weight is 258 g/mol. The van der Waals surface area contributed by atoms with Crippen LogP contribution in [0.5, 0.6) is 0 Å². The minimum absolute atomic E-state index is 0.0932. The molecule has 2 atom stereocenters. The first-order valence-electron chi connectivity index (χ1n) is 7.43. The molecule has 0 aromatic rings. The molecule has 2 unspecified atom stereocenters. The van der Waals surface area contributed by atoms with Crippen LogP contribution in [0.4, 0.5) is 0 Å². The maximum Gasteiger partial charge on any atom is 0.0773 e. The van der Waals surface area contributed by atoms with Crippen LogP contribution in [0, 0.1) is 0 Å². The Balaban J connectivity index is 4.24. The first-order valence-corrected chi connectivity index (χ1v) is 7.43. The molecule has 18 heavy (non-hydrogen) atoms. The van der Waals surface area contributed by atoms with Crippen LogP contribution >= 0.6 is 0 Å². The molecule has 0 aliphatic heterocycles. The van der Waals surface area contributed by atoms with Gasteiger partial charge in [0, 0.05) is 19.2 Å². The number of hydrogen-bond acceptors (Lipinski definition) is 3. The summed E-state index contributed by atoms with van der Waals surface area (Å²) in [5, 5.41) is 0. The molecule has 0 saturated heterocycles. The van der Waals surface area contributed by atoms with E-state index in [2.05, 4.69) is 39.5 Å². The molecule has 110 valence electrons. The molecule has 0 amide bonds. The van der Waals surface area contributed by atoms with Gasteiger partial charge in [0.25, 0.3) is 0 Å². The maximum atomic E-state index is 6.23. The fraction of sp³-hybridized carbons (Fsp3) is 1.00. The van der Waals surface area contributed by atoms with Crippen molar-refractivity contribution in [3.8, 4) is 0 Å². The van der Waals surface area contributed by atoms with Crippen LogP contribution in [-0.2, 0) is 4.74 Å². The van der Waals surface area contributed by atoms with Crippen molar-refractivity contribution in [1.29, 1.82) is 0 Å². The van der Waals surface area contributed by atoms with Gasteiger partial charge in [-0.2, -0.15) is 0 Å². The largest absolute Gasteiger partial charge is 0.377 e. The third kappa shape index (κ3) is 6.17. The highest BCUT2D eigenvalue weighted by molar-refractivity contribution is 4.83. The Hall–Kier alpha value is -0.120. The second-order valence-corrected chi connectivity index (χ2v) is 5.85. The molecule has 0 aliphatic rings. The van der Waals surface area contributed by atoms with Crippen LogP contribution in [-0.4, -0.2) is 42.8 Å². The minimum atomic E-state index is -0.230. The molecule has 0 heterocycles. The molecule has 0 aliphatic carbocycles. The second-order valence-electron chi connectivity index (χ2n) is 5.85. The lowest BCUT2D eigenvalue weighted by Crippen LogP contribution is -2.47. The topological polar surface area (TPSA) is 38.5 Å². The summed E-state index contributed by atoms with van der Waals surface area (Å²) in [6.07, 6.45) is 4.72. The third-order valence-corrected chi connectivity index (χ3v) is 4.16. The fourth-order valence-corrected chi connectivity index (χ4v) is 1.98. The van der Waals surface area contributed by atoms with Gasteiger partial charge in [-0.1, -0.05) is 20.3 Å². The van der Waals surface area contributed by atoms with Gasteiger partial charge in [-0.05, 0) is 53.1 Å². The van der Waals surface area contributed by atoms with Crippen molar-refractivity contribution >= 4 is 0 Å². The van der Waals surface area contributed by atoms with E-state index in [4.69, 9.17) is 10.5 Å². The van der Waals surface area contributed by atoms with E-state index in [0.717, 1.165) is 13.0 Å². The molecule has 3 nitrogen and oxygen atoms in total. The summed E-state index contributed by atoms with van der Waals surface area (Å²) in [5.74, 6) is 0. The van der Waals surface area contributed by atoms with E-state index in [1.54, 1.807) is 7.11 Å². The third-order valence-electron chi connectivity index (χ3n) is 4.16. The molecule has 0 aromatic heterocycles. The molecule has 0 radical (unpaired) electrons. The molecular weight excluding hydrogens is 224 g/mol. The number of nitrogens with two attached hydrogens (primary N) is 1. The van der Waals surface area contributed by atoms with Gasteiger partial charge in [-0.3, -0.25) is 0 Å². The first-order chi connectivity index (χ1) is 8.38. The van der Waals surface area contributed by atoms with Crippen LogP contribution in [0.2, 0.25) is 0 Å². The van der Waals surface area contributed by atoms with Crippen molar-refractivity contribution in [1.82, 2.24) is 4.90 Å². The summed E-state index contributed by atoms with van der Waals surface area (Å²) in [4.78, 5) is 2.56. The predicted octanol–water partition coefficient (Wildman–Crippen LogP) is 3.03.